The van der Waals surface area contributed by atoms with E-state index in [1.54, 1.807) is 0 Å². The minimum absolute atomic E-state index is 0.0805. The molecule has 1 aliphatic heterocycles. The van der Waals surface area contributed by atoms with E-state index in [0.717, 1.165) is 0 Å². The Kier molecular flexibility index (Phi) is 4.41. The second-order valence-corrected chi connectivity index (χ2v) is 6.57. The third-order valence-electron chi connectivity index (χ3n) is 3.01. The van der Waals surface area contributed by atoms with Crippen LogP contribution in [-0.4, -0.2) is 59.4 Å². The summed E-state index contributed by atoms with van der Waals surface area (Å²) in [4.78, 5) is 10.6. The molecule has 2 heterocycles. The van der Waals surface area contributed by atoms with E-state index in [9.17, 15) is 13.2 Å². The average molecular weight is 303 g/mol. The number of rotatable bonds is 5. The molecule has 1 unspecified atom stereocenters. The Hall–Kier alpha value is -1.45. The van der Waals surface area contributed by atoms with Crippen molar-refractivity contribution in [1.29, 1.82) is 0 Å². The fourth-order valence-electron chi connectivity index (χ4n) is 1.96. The van der Waals surface area contributed by atoms with Crippen molar-refractivity contribution in [1.82, 2.24) is 14.1 Å². The summed E-state index contributed by atoms with van der Waals surface area (Å²) in [6, 6.07) is 0. The van der Waals surface area contributed by atoms with Crippen molar-refractivity contribution in [2.24, 2.45) is 0 Å². The first-order chi connectivity index (χ1) is 9.39. The van der Waals surface area contributed by atoms with Gasteiger partial charge in [-0.05, 0) is 6.92 Å². The summed E-state index contributed by atoms with van der Waals surface area (Å²) >= 11 is 0. The summed E-state index contributed by atoms with van der Waals surface area (Å²) in [6.07, 6.45) is 2.37. The van der Waals surface area contributed by atoms with Crippen LogP contribution in [0.25, 0.3) is 0 Å². The molecule has 1 aromatic heterocycles. The zero-order valence-electron chi connectivity index (χ0n) is 11.1. The normalized spacial score (nSPS) is 20.9. The Balaban J connectivity index is 2.11. The first kappa shape index (κ1) is 14.9. The van der Waals surface area contributed by atoms with Crippen molar-refractivity contribution in [2.45, 2.75) is 30.9 Å². The maximum absolute atomic E-state index is 12.4. The van der Waals surface area contributed by atoms with E-state index in [4.69, 9.17) is 9.84 Å². The number of hydrogen-bond acceptors (Lipinski definition) is 5. The number of hydrogen-bond donors (Lipinski definition) is 1. The van der Waals surface area contributed by atoms with Crippen LogP contribution in [0.1, 0.15) is 13.3 Å². The molecule has 0 aromatic carbocycles. The van der Waals surface area contributed by atoms with E-state index in [1.165, 1.54) is 21.4 Å². The Morgan fingerprint density at radius 1 is 1.60 bits per heavy atom. The molecule has 8 nitrogen and oxygen atoms in total. The van der Waals surface area contributed by atoms with E-state index >= 15 is 0 Å². The van der Waals surface area contributed by atoms with Crippen molar-refractivity contribution in [3.05, 3.63) is 12.4 Å². The summed E-state index contributed by atoms with van der Waals surface area (Å²) in [5, 5.41) is 12.5. The van der Waals surface area contributed by atoms with Crippen LogP contribution in [0.3, 0.4) is 0 Å². The van der Waals surface area contributed by atoms with Crippen molar-refractivity contribution >= 4 is 16.0 Å². The van der Waals surface area contributed by atoms with E-state index in [1.807, 2.05) is 6.92 Å². The van der Waals surface area contributed by atoms with Crippen molar-refractivity contribution < 1.29 is 23.1 Å². The smallest absolute Gasteiger partial charge is 0.305 e. The number of nitrogens with zero attached hydrogens (tertiary/aromatic N) is 3. The highest BCUT2D eigenvalue weighted by molar-refractivity contribution is 7.89. The number of aryl methyl sites for hydroxylation is 1. The lowest BCUT2D eigenvalue weighted by Gasteiger charge is -2.29. The monoisotopic (exact) mass is 303 g/mol. The number of morpholine rings is 1. The van der Waals surface area contributed by atoms with Crippen LogP contribution < -0.4 is 0 Å². The van der Waals surface area contributed by atoms with E-state index in [-0.39, 0.29) is 24.0 Å². The van der Waals surface area contributed by atoms with Crippen LogP contribution >= 0.6 is 0 Å². The number of ether oxygens (including phenoxy) is 1. The van der Waals surface area contributed by atoms with Crippen LogP contribution in [-0.2, 0) is 26.1 Å². The molecule has 1 saturated heterocycles. The van der Waals surface area contributed by atoms with Gasteiger partial charge in [0.15, 0.2) is 0 Å². The highest BCUT2D eigenvalue weighted by Gasteiger charge is 2.30. The van der Waals surface area contributed by atoms with Crippen LogP contribution in [0.4, 0.5) is 0 Å². The standard InChI is InChI=1S/C11H17N3O5S/c1-9-7-14(4-5-19-9)20(17,18)10-6-12-13(8-10)3-2-11(15)16/h6,8-9H,2-5,7H2,1H3,(H,15,16). The van der Waals surface area contributed by atoms with Gasteiger partial charge in [-0.3, -0.25) is 9.48 Å². The number of aliphatic carboxylic acids is 1. The van der Waals surface area contributed by atoms with Gasteiger partial charge in [0, 0.05) is 19.3 Å². The highest BCUT2D eigenvalue weighted by Crippen LogP contribution is 2.18. The molecule has 0 spiro atoms. The highest BCUT2D eigenvalue weighted by atomic mass is 32.2. The maximum atomic E-state index is 12.4. The SMILES string of the molecule is CC1CN(S(=O)(=O)c2cnn(CCC(=O)O)c2)CCO1. The van der Waals surface area contributed by atoms with Gasteiger partial charge in [-0.25, -0.2) is 8.42 Å². The average Bonchev–Trinajstić information content (AvgIpc) is 2.86. The van der Waals surface area contributed by atoms with Gasteiger partial charge in [0.25, 0.3) is 0 Å². The molecule has 1 fully saturated rings. The van der Waals surface area contributed by atoms with Gasteiger partial charge < -0.3 is 9.84 Å². The molecular weight excluding hydrogens is 286 g/mol. The minimum Gasteiger partial charge on any atom is -0.481 e. The summed E-state index contributed by atoms with van der Waals surface area (Å²) in [6.45, 7) is 2.95. The van der Waals surface area contributed by atoms with Gasteiger partial charge in [0.2, 0.25) is 10.0 Å². The second-order valence-electron chi connectivity index (χ2n) is 4.63. The van der Waals surface area contributed by atoms with Gasteiger partial charge in [0.1, 0.15) is 4.90 Å². The minimum atomic E-state index is -3.59. The Morgan fingerprint density at radius 3 is 3.00 bits per heavy atom. The number of aromatic nitrogens is 2. The summed E-state index contributed by atoms with van der Waals surface area (Å²) in [5.41, 5.74) is 0. The van der Waals surface area contributed by atoms with E-state index < -0.39 is 16.0 Å². The molecule has 0 aliphatic carbocycles. The molecule has 20 heavy (non-hydrogen) atoms. The lowest BCUT2D eigenvalue weighted by molar-refractivity contribution is -0.137. The molecule has 0 bridgehead atoms. The Labute approximate surface area is 117 Å². The fraction of sp³-hybridized carbons (Fsp3) is 0.636. The number of carboxylic acids is 1. The molecule has 0 amide bonds. The van der Waals surface area contributed by atoms with Crippen LogP contribution in [0.2, 0.25) is 0 Å². The van der Waals surface area contributed by atoms with Crippen LogP contribution in [0, 0.1) is 0 Å². The molecule has 1 aromatic rings. The number of sulfonamides is 1. The van der Waals surface area contributed by atoms with E-state index in [0.29, 0.717) is 19.7 Å². The zero-order valence-corrected chi connectivity index (χ0v) is 11.9. The molecule has 0 radical (unpaired) electrons. The molecule has 9 heteroatoms. The third-order valence-corrected chi connectivity index (χ3v) is 4.82. The van der Waals surface area contributed by atoms with Gasteiger partial charge in [-0.15, -0.1) is 0 Å². The van der Waals surface area contributed by atoms with Gasteiger partial charge >= 0.3 is 5.97 Å². The number of carboxylic acid groups (broad SMARTS) is 1. The van der Waals surface area contributed by atoms with Gasteiger partial charge in [0.05, 0.1) is 31.9 Å². The number of carbonyl (C=O) groups is 1. The Bertz CT molecular complexity index is 583. The molecule has 1 atom stereocenters. The summed E-state index contributed by atoms with van der Waals surface area (Å²) in [5.74, 6) is -0.952. The predicted molar refractivity (Wildman–Crippen MR) is 68.7 cm³/mol. The summed E-state index contributed by atoms with van der Waals surface area (Å²) in [7, 11) is -3.59. The maximum Gasteiger partial charge on any atom is 0.305 e. The first-order valence-electron chi connectivity index (χ1n) is 6.25. The second kappa shape index (κ2) is 5.90. The lowest BCUT2D eigenvalue weighted by atomic mass is 10.3. The predicted octanol–water partition coefficient (Wildman–Crippen LogP) is -0.233. The van der Waals surface area contributed by atoms with E-state index in [2.05, 4.69) is 5.10 Å². The molecular formula is C11H17N3O5S. The summed E-state index contributed by atoms with van der Waals surface area (Å²) < 4.78 is 32.8. The molecule has 1 N–H and O–H groups in total. The van der Waals surface area contributed by atoms with Gasteiger partial charge in [-0.1, -0.05) is 0 Å². The molecule has 0 saturated carbocycles. The zero-order chi connectivity index (χ0) is 14.8. The lowest BCUT2D eigenvalue weighted by Crippen LogP contribution is -2.44. The Morgan fingerprint density at radius 2 is 2.35 bits per heavy atom. The third kappa shape index (κ3) is 3.35. The first-order valence-corrected chi connectivity index (χ1v) is 7.69. The van der Waals surface area contributed by atoms with Crippen LogP contribution in [0.5, 0.6) is 0 Å². The molecule has 2 rings (SSSR count). The molecule has 112 valence electrons. The van der Waals surface area contributed by atoms with Gasteiger partial charge in [-0.2, -0.15) is 9.40 Å². The van der Waals surface area contributed by atoms with Crippen molar-refractivity contribution in [3.8, 4) is 0 Å². The molecule has 1 aliphatic rings. The van der Waals surface area contributed by atoms with Crippen molar-refractivity contribution in [3.63, 3.8) is 0 Å². The van der Waals surface area contributed by atoms with Crippen molar-refractivity contribution in [2.75, 3.05) is 19.7 Å². The fourth-order valence-corrected chi connectivity index (χ4v) is 3.42. The van der Waals surface area contributed by atoms with Crippen LogP contribution in [0.15, 0.2) is 17.3 Å². The largest absolute Gasteiger partial charge is 0.481 e. The topological polar surface area (TPSA) is 102 Å². The quantitative estimate of drug-likeness (QED) is 0.806.